The molecule has 0 saturated carbocycles. The summed E-state index contributed by atoms with van der Waals surface area (Å²) in [6.07, 6.45) is 0. The van der Waals surface area contributed by atoms with E-state index < -0.39 is 0 Å². The van der Waals surface area contributed by atoms with Gasteiger partial charge in [0.15, 0.2) is 0 Å². The third-order valence-electron chi connectivity index (χ3n) is 12.6. The highest BCUT2D eigenvalue weighted by atomic mass is 15.1. The van der Waals surface area contributed by atoms with Gasteiger partial charge in [0.2, 0.25) is 0 Å². The first-order chi connectivity index (χ1) is 28.7. The predicted molar refractivity (Wildman–Crippen MR) is 248 cm³/mol. The Morgan fingerprint density at radius 1 is 0.276 bits per heavy atom. The monoisotopic (exact) mass is 734 g/mol. The molecule has 1 aromatic heterocycles. The topological polar surface area (TPSA) is 8.17 Å². The second kappa shape index (κ2) is 11.9. The SMILES string of the molecule is c1ccc(-n2c3ccccc3c3cc(N(c4ccc(-c5cc6ccc7cccc8ccc(c5)c6c78)cc4)c4cc5ccc6cccc7ccc(c4)c5c67)ccc32)cc1. The summed E-state index contributed by atoms with van der Waals surface area (Å²) in [4.78, 5) is 2.44. The first-order valence-corrected chi connectivity index (χ1v) is 20.1. The van der Waals surface area contributed by atoms with Gasteiger partial charge in [-0.3, -0.25) is 0 Å². The van der Waals surface area contributed by atoms with Crippen molar-refractivity contribution in [2.75, 3.05) is 4.90 Å². The molecule has 0 amide bonds. The molecule has 0 fully saturated rings. The van der Waals surface area contributed by atoms with Gasteiger partial charge in [0, 0.05) is 33.5 Å². The van der Waals surface area contributed by atoms with Crippen molar-refractivity contribution >= 4 is 104 Å². The minimum absolute atomic E-state index is 1.11. The van der Waals surface area contributed by atoms with Gasteiger partial charge in [-0.2, -0.15) is 0 Å². The van der Waals surface area contributed by atoms with Gasteiger partial charge >= 0.3 is 0 Å². The van der Waals surface area contributed by atoms with Crippen molar-refractivity contribution in [2.45, 2.75) is 0 Å². The van der Waals surface area contributed by atoms with Gasteiger partial charge < -0.3 is 9.47 Å². The maximum atomic E-state index is 2.44. The number of aromatic nitrogens is 1. The van der Waals surface area contributed by atoms with Gasteiger partial charge in [0.05, 0.1) is 11.0 Å². The molecule has 0 N–H and O–H groups in total. The predicted octanol–water partition coefficient (Wildman–Crippen LogP) is 15.7. The van der Waals surface area contributed by atoms with E-state index in [1.54, 1.807) is 0 Å². The van der Waals surface area contributed by atoms with Crippen molar-refractivity contribution < 1.29 is 0 Å². The summed E-state index contributed by atoms with van der Waals surface area (Å²) in [5, 5.41) is 18.0. The molecule has 0 aliphatic rings. The lowest BCUT2D eigenvalue weighted by Gasteiger charge is -2.27. The highest BCUT2D eigenvalue weighted by molar-refractivity contribution is 6.25. The molecule has 0 radical (unpaired) electrons. The lowest BCUT2D eigenvalue weighted by Crippen LogP contribution is -2.10. The minimum atomic E-state index is 1.11. The number of hydrogen-bond donors (Lipinski definition) is 0. The highest BCUT2D eigenvalue weighted by Crippen LogP contribution is 2.44. The number of rotatable bonds is 5. The van der Waals surface area contributed by atoms with E-state index in [1.165, 1.54) is 97.6 Å². The van der Waals surface area contributed by atoms with Crippen LogP contribution in [0.1, 0.15) is 0 Å². The van der Waals surface area contributed by atoms with E-state index in [0.29, 0.717) is 0 Å². The van der Waals surface area contributed by atoms with Crippen LogP contribution < -0.4 is 4.90 Å². The first-order valence-electron chi connectivity index (χ1n) is 20.1. The second-order valence-corrected chi connectivity index (χ2v) is 15.8. The van der Waals surface area contributed by atoms with Crippen LogP contribution in [-0.2, 0) is 0 Å². The Balaban J connectivity index is 1.01. The molecule has 13 rings (SSSR count). The minimum Gasteiger partial charge on any atom is -0.310 e. The Morgan fingerprint density at radius 3 is 1.36 bits per heavy atom. The first kappa shape index (κ1) is 31.5. The molecule has 0 atom stereocenters. The molecule has 0 saturated heterocycles. The van der Waals surface area contributed by atoms with Crippen LogP contribution in [0.15, 0.2) is 206 Å². The van der Waals surface area contributed by atoms with Crippen LogP contribution in [0.5, 0.6) is 0 Å². The molecular weight excluding hydrogens is 701 g/mol. The number of fused-ring (bicyclic) bond motifs is 3. The van der Waals surface area contributed by atoms with Gasteiger partial charge in [0.1, 0.15) is 0 Å². The van der Waals surface area contributed by atoms with Crippen LogP contribution in [-0.4, -0.2) is 4.57 Å². The fourth-order valence-corrected chi connectivity index (χ4v) is 9.99. The van der Waals surface area contributed by atoms with E-state index in [-0.39, 0.29) is 0 Å². The molecule has 0 bridgehead atoms. The molecule has 0 aliphatic heterocycles. The van der Waals surface area contributed by atoms with Gasteiger partial charge in [-0.25, -0.2) is 0 Å². The van der Waals surface area contributed by atoms with Crippen molar-refractivity contribution in [1.82, 2.24) is 4.57 Å². The smallest absolute Gasteiger partial charge is 0.0542 e. The largest absolute Gasteiger partial charge is 0.310 e. The maximum absolute atomic E-state index is 2.44. The summed E-state index contributed by atoms with van der Waals surface area (Å²) >= 11 is 0. The Kier molecular flexibility index (Phi) is 6.47. The van der Waals surface area contributed by atoms with E-state index >= 15 is 0 Å². The number of para-hydroxylation sites is 2. The fourth-order valence-electron chi connectivity index (χ4n) is 9.99. The van der Waals surface area contributed by atoms with Crippen LogP contribution in [0.3, 0.4) is 0 Å². The van der Waals surface area contributed by atoms with Crippen molar-refractivity contribution in [1.29, 1.82) is 0 Å². The average Bonchev–Trinajstić information content (AvgIpc) is 3.61. The Bertz CT molecular complexity index is 3600. The molecule has 58 heavy (non-hydrogen) atoms. The average molecular weight is 735 g/mol. The van der Waals surface area contributed by atoms with Crippen LogP contribution in [0.4, 0.5) is 17.1 Å². The quantitative estimate of drug-likeness (QED) is 0.160. The van der Waals surface area contributed by atoms with E-state index in [9.17, 15) is 0 Å². The summed E-state index contributed by atoms with van der Waals surface area (Å²) < 4.78 is 2.39. The Morgan fingerprint density at radius 2 is 0.759 bits per heavy atom. The molecule has 13 aromatic rings. The van der Waals surface area contributed by atoms with Gasteiger partial charge in [-0.15, -0.1) is 0 Å². The molecular formula is C56H34N2. The van der Waals surface area contributed by atoms with Crippen molar-refractivity contribution in [3.05, 3.63) is 206 Å². The maximum Gasteiger partial charge on any atom is 0.0542 e. The van der Waals surface area contributed by atoms with Crippen molar-refractivity contribution in [3.63, 3.8) is 0 Å². The highest BCUT2D eigenvalue weighted by Gasteiger charge is 2.20. The molecule has 268 valence electrons. The van der Waals surface area contributed by atoms with E-state index in [0.717, 1.165) is 22.7 Å². The molecule has 1 heterocycles. The molecule has 0 aliphatic carbocycles. The summed E-state index contributed by atoms with van der Waals surface area (Å²) in [5.41, 5.74) is 9.34. The molecule has 0 unspecified atom stereocenters. The fraction of sp³-hybridized carbons (Fsp3) is 0. The zero-order chi connectivity index (χ0) is 37.9. The van der Waals surface area contributed by atoms with Gasteiger partial charge in [0.25, 0.3) is 0 Å². The van der Waals surface area contributed by atoms with Crippen molar-refractivity contribution in [3.8, 4) is 16.8 Å². The summed E-state index contributed by atoms with van der Waals surface area (Å²) in [6, 6.07) is 76.5. The van der Waals surface area contributed by atoms with Crippen LogP contribution in [0.25, 0.3) is 103 Å². The Hall–Kier alpha value is -7.68. The third kappa shape index (κ3) is 4.54. The Labute approximate surface area is 334 Å². The van der Waals surface area contributed by atoms with E-state index in [1.807, 2.05) is 0 Å². The molecule has 2 heteroatoms. The standard InChI is InChI=1S/C56H34N2/c1-2-12-45(13-3-1)58-51-15-5-4-14-49(51)50-34-47(28-29-52(50)58)57(48-32-42-22-18-38-10-7-11-39-19-23-43(33-48)56(42)54(38)39)46-26-24-35(25-27-46)44-30-40-20-16-36-8-6-9-37-17-21-41(31-44)55(40)53(36)37/h1-34H. The van der Waals surface area contributed by atoms with Crippen molar-refractivity contribution in [2.24, 2.45) is 0 Å². The molecule has 12 aromatic carbocycles. The number of nitrogens with zero attached hydrogens (tertiary/aromatic N) is 2. The zero-order valence-corrected chi connectivity index (χ0v) is 31.5. The molecule has 0 spiro atoms. The normalized spacial score (nSPS) is 12.1. The van der Waals surface area contributed by atoms with Crippen LogP contribution in [0.2, 0.25) is 0 Å². The second-order valence-electron chi connectivity index (χ2n) is 15.8. The summed E-state index contributed by atoms with van der Waals surface area (Å²) in [6.45, 7) is 0. The third-order valence-corrected chi connectivity index (χ3v) is 12.6. The zero-order valence-electron chi connectivity index (χ0n) is 31.5. The van der Waals surface area contributed by atoms with Gasteiger partial charge in [-0.1, -0.05) is 133 Å². The summed E-state index contributed by atoms with van der Waals surface area (Å²) in [7, 11) is 0. The van der Waals surface area contributed by atoms with E-state index in [2.05, 4.69) is 216 Å². The van der Waals surface area contributed by atoms with Crippen LogP contribution >= 0.6 is 0 Å². The lowest BCUT2D eigenvalue weighted by atomic mass is 9.91. The molecule has 2 nitrogen and oxygen atoms in total. The number of anilines is 3. The number of hydrogen-bond acceptors (Lipinski definition) is 1. The van der Waals surface area contributed by atoms with Gasteiger partial charge in [-0.05, 0) is 149 Å². The van der Waals surface area contributed by atoms with Crippen LogP contribution in [0, 0.1) is 0 Å². The lowest BCUT2D eigenvalue weighted by molar-refractivity contribution is 1.18. The number of benzene rings is 12. The summed E-state index contributed by atoms with van der Waals surface area (Å²) in [5.74, 6) is 0. The van der Waals surface area contributed by atoms with E-state index in [4.69, 9.17) is 0 Å².